The Balaban J connectivity index is 1.99. The van der Waals surface area contributed by atoms with E-state index in [9.17, 15) is 9.59 Å². The highest BCUT2D eigenvalue weighted by atomic mass is 79.9. The molecule has 1 aliphatic rings. The van der Waals surface area contributed by atoms with Gasteiger partial charge in [0, 0.05) is 48.0 Å². The molecular weight excluding hydrogens is 514 g/mol. The number of aliphatic imine (C=N–C) groups is 1. The third-order valence-corrected chi connectivity index (χ3v) is 6.81. The number of likely N-dealkylation sites (N-methyl/N-ethyl adjacent to an activating group) is 1. The molecule has 0 aromatic heterocycles. The zero-order valence-electron chi connectivity index (χ0n) is 20.0. The first-order valence-corrected chi connectivity index (χ1v) is 13.3. The predicted molar refractivity (Wildman–Crippen MR) is 146 cm³/mol. The molecule has 0 saturated heterocycles. The molecule has 0 spiro atoms. The fourth-order valence-electron chi connectivity index (χ4n) is 3.67. The van der Waals surface area contributed by atoms with Crippen LogP contribution in [0.4, 0.5) is 17.1 Å². The monoisotopic (exact) mass is 545 g/mol. The first-order valence-electron chi connectivity index (χ1n) is 11.3. The first kappa shape index (κ1) is 26.1. The van der Waals surface area contributed by atoms with E-state index in [1.165, 1.54) is 0 Å². The lowest BCUT2D eigenvalue weighted by molar-refractivity contribution is -0.121. The number of hydrogen-bond donors (Lipinski definition) is 3. The van der Waals surface area contributed by atoms with Gasteiger partial charge < -0.3 is 20.7 Å². The molecule has 0 aliphatic heterocycles. The standard InChI is InChI=1S/C25H32BrN5O2S/c1-15(2)29-23(32)11-12-31(34-4)22-14-21(27)20(13-19(22)16-5-6-16)24(25(33)28-3)30-18-9-7-17(26)8-10-18/h7-10,13-16H,5-6,11-12,27H2,1-4H3,(H,28,33)(H,29,32). The number of nitrogen functional groups attached to an aromatic ring is 1. The molecule has 0 atom stereocenters. The number of rotatable bonds is 10. The van der Waals surface area contributed by atoms with E-state index >= 15 is 0 Å². The van der Waals surface area contributed by atoms with Crippen LogP contribution in [0.15, 0.2) is 45.9 Å². The van der Waals surface area contributed by atoms with Crippen molar-refractivity contribution in [2.75, 3.05) is 29.9 Å². The fraction of sp³-hybridized carbons (Fsp3) is 0.400. The van der Waals surface area contributed by atoms with Crippen LogP contribution in [0.1, 0.15) is 50.2 Å². The molecule has 4 N–H and O–H groups in total. The van der Waals surface area contributed by atoms with E-state index in [0.29, 0.717) is 35.8 Å². The summed E-state index contributed by atoms with van der Waals surface area (Å²) < 4.78 is 3.05. The Morgan fingerprint density at radius 1 is 1.24 bits per heavy atom. The van der Waals surface area contributed by atoms with Crippen LogP contribution in [0.2, 0.25) is 0 Å². The van der Waals surface area contributed by atoms with Crippen LogP contribution in [0.3, 0.4) is 0 Å². The van der Waals surface area contributed by atoms with Crippen molar-refractivity contribution in [3.63, 3.8) is 0 Å². The zero-order valence-corrected chi connectivity index (χ0v) is 22.4. The summed E-state index contributed by atoms with van der Waals surface area (Å²) in [7, 11) is 1.59. The number of benzene rings is 2. The van der Waals surface area contributed by atoms with Gasteiger partial charge in [-0.3, -0.25) is 9.59 Å². The Hall–Kier alpha value is -2.52. The predicted octanol–water partition coefficient (Wildman–Crippen LogP) is 4.77. The summed E-state index contributed by atoms with van der Waals surface area (Å²) in [6, 6.07) is 11.5. The largest absolute Gasteiger partial charge is 0.398 e. The summed E-state index contributed by atoms with van der Waals surface area (Å²) >= 11 is 4.99. The summed E-state index contributed by atoms with van der Waals surface area (Å²) in [4.78, 5) is 29.7. The van der Waals surface area contributed by atoms with Gasteiger partial charge in [-0.25, -0.2) is 4.99 Å². The van der Waals surface area contributed by atoms with Crippen LogP contribution in [0.5, 0.6) is 0 Å². The normalized spacial score (nSPS) is 13.6. The molecule has 9 heteroatoms. The summed E-state index contributed by atoms with van der Waals surface area (Å²) in [6.45, 7) is 4.47. The number of carbonyl (C=O) groups is 2. The van der Waals surface area contributed by atoms with Crippen molar-refractivity contribution in [2.45, 2.75) is 45.1 Å². The Labute approximate surface area is 214 Å². The van der Waals surface area contributed by atoms with Gasteiger partial charge in [0.05, 0.1) is 11.4 Å². The smallest absolute Gasteiger partial charge is 0.270 e. The Kier molecular flexibility index (Phi) is 9.02. The number of hydrogen-bond acceptors (Lipinski definition) is 6. The Morgan fingerprint density at radius 2 is 1.91 bits per heavy atom. The second kappa shape index (κ2) is 11.8. The van der Waals surface area contributed by atoms with Crippen LogP contribution in [-0.2, 0) is 9.59 Å². The second-order valence-electron chi connectivity index (χ2n) is 8.55. The summed E-state index contributed by atoms with van der Waals surface area (Å²) in [5, 5.41) is 5.63. The van der Waals surface area contributed by atoms with Gasteiger partial charge in [0.1, 0.15) is 5.71 Å². The van der Waals surface area contributed by atoms with E-state index in [-0.39, 0.29) is 23.6 Å². The fourth-order valence-corrected chi connectivity index (χ4v) is 4.56. The van der Waals surface area contributed by atoms with E-state index in [4.69, 9.17) is 5.73 Å². The van der Waals surface area contributed by atoms with Crippen molar-refractivity contribution in [1.82, 2.24) is 10.6 Å². The van der Waals surface area contributed by atoms with Crippen LogP contribution < -0.4 is 20.7 Å². The molecular formula is C25H32BrN5O2S. The molecule has 0 unspecified atom stereocenters. The Morgan fingerprint density at radius 3 is 2.47 bits per heavy atom. The molecule has 182 valence electrons. The molecule has 0 radical (unpaired) electrons. The summed E-state index contributed by atoms with van der Waals surface area (Å²) in [6.07, 6.45) is 4.56. The lowest BCUT2D eigenvalue weighted by atomic mass is 9.98. The third kappa shape index (κ3) is 6.76. The van der Waals surface area contributed by atoms with Gasteiger partial charge in [-0.05, 0) is 74.6 Å². The highest BCUT2D eigenvalue weighted by Crippen LogP contribution is 2.47. The Bertz CT molecular complexity index is 1070. The van der Waals surface area contributed by atoms with E-state index < -0.39 is 0 Å². The third-order valence-electron chi connectivity index (χ3n) is 5.46. The van der Waals surface area contributed by atoms with Gasteiger partial charge in [-0.2, -0.15) is 0 Å². The van der Waals surface area contributed by atoms with Gasteiger partial charge in [0.25, 0.3) is 5.91 Å². The molecule has 7 nitrogen and oxygen atoms in total. The number of nitrogens with one attached hydrogen (secondary N) is 2. The van der Waals surface area contributed by atoms with Crippen LogP contribution in [-0.4, -0.2) is 43.4 Å². The van der Waals surface area contributed by atoms with Crippen molar-refractivity contribution in [1.29, 1.82) is 0 Å². The minimum absolute atomic E-state index is 0.0233. The molecule has 1 saturated carbocycles. The van der Waals surface area contributed by atoms with Crippen molar-refractivity contribution < 1.29 is 9.59 Å². The molecule has 3 rings (SSSR count). The van der Waals surface area contributed by atoms with Crippen LogP contribution in [0.25, 0.3) is 0 Å². The quantitative estimate of drug-likeness (QED) is 0.227. The summed E-state index contributed by atoms with van der Waals surface area (Å²) in [5.41, 5.74) is 10.7. The number of nitrogens with zero attached hydrogens (tertiary/aromatic N) is 2. The number of nitrogens with two attached hydrogens (primary N) is 1. The SMILES string of the molecule is CNC(=O)C(=Nc1ccc(Br)cc1)c1cc(C2CC2)c(N(CCC(=O)NC(C)C)SC)cc1N. The van der Waals surface area contributed by atoms with Crippen molar-refractivity contribution in [3.05, 3.63) is 52.0 Å². The molecule has 0 heterocycles. The zero-order chi connectivity index (χ0) is 24.8. The minimum atomic E-state index is -0.295. The summed E-state index contributed by atoms with van der Waals surface area (Å²) in [5.74, 6) is 0.137. The van der Waals surface area contributed by atoms with E-state index in [0.717, 1.165) is 28.6 Å². The molecule has 2 aromatic rings. The number of anilines is 2. The number of carbonyl (C=O) groups excluding carboxylic acids is 2. The van der Waals surface area contributed by atoms with Gasteiger partial charge in [-0.1, -0.05) is 27.9 Å². The molecule has 34 heavy (non-hydrogen) atoms. The van der Waals surface area contributed by atoms with Gasteiger partial charge in [0.2, 0.25) is 5.91 Å². The molecule has 2 aromatic carbocycles. The maximum absolute atomic E-state index is 12.8. The second-order valence-corrected chi connectivity index (χ2v) is 10.3. The van der Waals surface area contributed by atoms with Crippen LogP contribution >= 0.6 is 27.9 Å². The van der Waals surface area contributed by atoms with E-state index in [1.54, 1.807) is 19.0 Å². The topological polar surface area (TPSA) is 99.8 Å². The highest BCUT2D eigenvalue weighted by molar-refractivity contribution is 9.10. The maximum atomic E-state index is 12.8. The van der Waals surface area contributed by atoms with E-state index in [1.807, 2.05) is 56.5 Å². The number of amides is 2. The molecule has 1 aliphatic carbocycles. The molecule has 0 bridgehead atoms. The van der Waals surface area contributed by atoms with Gasteiger partial charge in [-0.15, -0.1) is 0 Å². The minimum Gasteiger partial charge on any atom is -0.398 e. The number of halogens is 1. The average molecular weight is 547 g/mol. The van der Waals surface area contributed by atoms with Gasteiger partial charge in [0.15, 0.2) is 0 Å². The maximum Gasteiger partial charge on any atom is 0.270 e. The molecule has 1 fully saturated rings. The van der Waals surface area contributed by atoms with Crippen molar-refractivity contribution in [2.24, 2.45) is 4.99 Å². The first-order chi connectivity index (χ1) is 16.2. The van der Waals surface area contributed by atoms with E-state index in [2.05, 4.69) is 35.9 Å². The van der Waals surface area contributed by atoms with Crippen molar-refractivity contribution in [3.8, 4) is 0 Å². The van der Waals surface area contributed by atoms with Gasteiger partial charge >= 0.3 is 0 Å². The van der Waals surface area contributed by atoms with Crippen LogP contribution in [0, 0.1) is 0 Å². The average Bonchev–Trinajstić information content (AvgIpc) is 3.64. The van der Waals surface area contributed by atoms with Crippen molar-refractivity contribution >= 4 is 62.5 Å². The molecule has 2 amide bonds. The lowest BCUT2D eigenvalue weighted by Crippen LogP contribution is -2.32. The highest BCUT2D eigenvalue weighted by Gasteiger charge is 2.30. The lowest BCUT2D eigenvalue weighted by Gasteiger charge is -2.26.